The van der Waals surface area contributed by atoms with Crippen LogP contribution in [-0.4, -0.2) is 47.2 Å². The van der Waals surface area contributed by atoms with Crippen molar-refractivity contribution in [1.82, 2.24) is 10.5 Å². The normalized spacial score (nSPS) is 13.6. The van der Waals surface area contributed by atoms with Gasteiger partial charge < -0.3 is 20.3 Å². The smallest absolute Gasteiger partial charge is 0.330 e. The van der Waals surface area contributed by atoms with Crippen molar-refractivity contribution in [3.8, 4) is 0 Å². The Labute approximate surface area is 232 Å². The highest BCUT2D eigenvalue weighted by Gasteiger charge is 2.33. The lowest BCUT2D eigenvalue weighted by atomic mass is 9.81. The standard InChI is InChI=1S/C29H36FN3O7/c1-5-39-26(36)13-9-20(8-12-25(31)35)28(37)21(15-19-6-10-22(30)11-7-19)16-24(34)27(17(2)3)32-29(38)23-14-18(4)40-33-23/h6-7,9-11,13-14,17,20-21,27H,5,8,12,15-16H2,1-4H3,(H2,31,35)(H,32,38)/b13-9+/t20-,21+,27-/m0/s1. The summed E-state index contributed by atoms with van der Waals surface area (Å²) in [6.07, 6.45) is 2.20. The van der Waals surface area contributed by atoms with Crippen molar-refractivity contribution in [3.05, 3.63) is 65.3 Å². The molecule has 0 bridgehead atoms. The molecular formula is C29H36FN3O7. The Morgan fingerprint density at radius 3 is 2.38 bits per heavy atom. The third-order valence-electron chi connectivity index (χ3n) is 6.22. The van der Waals surface area contributed by atoms with Gasteiger partial charge >= 0.3 is 5.97 Å². The average Bonchev–Trinajstić information content (AvgIpc) is 3.33. The minimum Gasteiger partial charge on any atom is -0.463 e. The van der Waals surface area contributed by atoms with E-state index in [1.807, 2.05) is 0 Å². The third-order valence-corrected chi connectivity index (χ3v) is 6.22. The third kappa shape index (κ3) is 10.2. The van der Waals surface area contributed by atoms with E-state index in [-0.39, 0.29) is 43.9 Å². The second kappa shape index (κ2) is 15.4. The van der Waals surface area contributed by atoms with Gasteiger partial charge in [-0.1, -0.05) is 37.2 Å². The van der Waals surface area contributed by atoms with Crippen LogP contribution in [0.4, 0.5) is 4.39 Å². The topological polar surface area (TPSA) is 159 Å². The summed E-state index contributed by atoms with van der Waals surface area (Å²) < 4.78 is 23.4. The van der Waals surface area contributed by atoms with E-state index >= 15 is 0 Å². The maximum Gasteiger partial charge on any atom is 0.330 e. The van der Waals surface area contributed by atoms with Crippen LogP contribution in [-0.2, 0) is 30.3 Å². The van der Waals surface area contributed by atoms with E-state index in [0.29, 0.717) is 11.3 Å². The number of rotatable bonds is 16. The molecule has 0 unspecified atom stereocenters. The fourth-order valence-electron chi connectivity index (χ4n) is 4.17. The van der Waals surface area contributed by atoms with Crippen molar-refractivity contribution >= 4 is 29.4 Å². The monoisotopic (exact) mass is 557 g/mol. The summed E-state index contributed by atoms with van der Waals surface area (Å²) >= 11 is 0. The molecule has 0 spiro atoms. The van der Waals surface area contributed by atoms with Crippen LogP contribution in [0.5, 0.6) is 0 Å². The van der Waals surface area contributed by atoms with Crippen LogP contribution in [0.15, 0.2) is 47.0 Å². The summed E-state index contributed by atoms with van der Waals surface area (Å²) in [6.45, 7) is 6.92. The molecule has 3 N–H and O–H groups in total. The number of ketones is 2. The maximum absolute atomic E-state index is 13.8. The zero-order chi connectivity index (χ0) is 29.8. The molecule has 2 amide bonds. The molecule has 2 aromatic rings. The van der Waals surface area contributed by atoms with Crippen molar-refractivity contribution in [1.29, 1.82) is 0 Å². The molecule has 10 nitrogen and oxygen atoms in total. The fourth-order valence-corrected chi connectivity index (χ4v) is 4.17. The Morgan fingerprint density at radius 2 is 1.82 bits per heavy atom. The van der Waals surface area contributed by atoms with Crippen molar-refractivity contribution in [2.75, 3.05) is 6.61 Å². The number of allylic oxidation sites excluding steroid dienone is 1. The van der Waals surface area contributed by atoms with Gasteiger partial charge in [0.2, 0.25) is 5.91 Å². The lowest BCUT2D eigenvalue weighted by molar-refractivity contribution is -0.137. The second-order valence-corrected chi connectivity index (χ2v) is 9.84. The predicted molar refractivity (Wildman–Crippen MR) is 143 cm³/mol. The molecule has 1 aromatic heterocycles. The minimum atomic E-state index is -0.938. The van der Waals surface area contributed by atoms with Gasteiger partial charge in [-0.25, -0.2) is 9.18 Å². The number of ether oxygens (including phenoxy) is 1. The van der Waals surface area contributed by atoms with Crippen molar-refractivity contribution in [3.63, 3.8) is 0 Å². The summed E-state index contributed by atoms with van der Waals surface area (Å²) in [5.41, 5.74) is 5.93. The molecule has 3 atom stereocenters. The Kier molecular flexibility index (Phi) is 12.4. The molecule has 216 valence electrons. The molecule has 0 radical (unpaired) electrons. The molecule has 11 heteroatoms. The van der Waals surface area contributed by atoms with E-state index < -0.39 is 53.0 Å². The Bertz CT molecular complexity index is 1220. The number of hydrogen-bond donors (Lipinski definition) is 2. The van der Waals surface area contributed by atoms with Crippen LogP contribution in [0.1, 0.15) is 61.8 Å². The van der Waals surface area contributed by atoms with Crippen LogP contribution < -0.4 is 11.1 Å². The van der Waals surface area contributed by atoms with Crippen molar-refractivity contribution in [2.24, 2.45) is 23.5 Å². The van der Waals surface area contributed by atoms with Gasteiger partial charge in [0, 0.05) is 36.8 Å². The number of aryl methyl sites for hydroxylation is 1. The zero-order valence-electron chi connectivity index (χ0n) is 23.1. The first-order valence-electron chi connectivity index (χ1n) is 13.1. The van der Waals surface area contributed by atoms with Gasteiger partial charge in [-0.3, -0.25) is 19.2 Å². The number of aromatic nitrogens is 1. The number of benzene rings is 1. The number of halogens is 1. The predicted octanol–water partition coefficient (Wildman–Crippen LogP) is 3.26. The number of Topliss-reactive ketones (excluding diaryl/α,β-unsaturated/α-hetero) is 2. The molecule has 0 saturated heterocycles. The first-order chi connectivity index (χ1) is 18.9. The van der Waals surface area contributed by atoms with E-state index in [1.165, 1.54) is 36.4 Å². The van der Waals surface area contributed by atoms with Gasteiger partial charge in [0.1, 0.15) is 17.4 Å². The van der Waals surface area contributed by atoms with Crippen LogP contribution in [0, 0.1) is 30.5 Å². The van der Waals surface area contributed by atoms with Gasteiger partial charge in [-0.15, -0.1) is 0 Å². The highest BCUT2D eigenvalue weighted by Crippen LogP contribution is 2.24. The molecule has 0 fully saturated rings. The van der Waals surface area contributed by atoms with Crippen LogP contribution in [0.3, 0.4) is 0 Å². The molecular weight excluding hydrogens is 521 g/mol. The van der Waals surface area contributed by atoms with Crippen LogP contribution >= 0.6 is 0 Å². The van der Waals surface area contributed by atoms with E-state index in [4.69, 9.17) is 15.0 Å². The average molecular weight is 558 g/mol. The van der Waals surface area contributed by atoms with Crippen molar-refractivity contribution < 1.29 is 37.6 Å². The SMILES string of the molecule is CCOC(=O)/C=C/[C@H](CCC(N)=O)C(=O)[C@@H](CC(=O)[C@@H](NC(=O)c1cc(C)on1)C(C)C)Cc1ccc(F)cc1. The van der Waals surface area contributed by atoms with Crippen LogP contribution in [0.25, 0.3) is 0 Å². The molecule has 40 heavy (non-hydrogen) atoms. The number of esters is 1. The highest BCUT2D eigenvalue weighted by molar-refractivity contribution is 5.98. The van der Waals surface area contributed by atoms with E-state index in [9.17, 15) is 28.4 Å². The zero-order valence-corrected chi connectivity index (χ0v) is 23.1. The quantitative estimate of drug-likeness (QED) is 0.235. The molecule has 1 aromatic carbocycles. The molecule has 2 rings (SSSR count). The number of primary amides is 1. The van der Waals surface area contributed by atoms with Gasteiger partial charge in [-0.2, -0.15) is 0 Å². The number of nitrogens with two attached hydrogens (primary N) is 1. The number of nitrogens with zero attached hydrogens (tertiary/aromatic N) is 1. The summed E-state index contributed by atoms with van der Waals surface area (Å²) in [4.78, 5) is 63.4. The molecule has 0 aliphatic heterocycles. The molecule has 0 saturated carbocycles. The van der Waals surface area contributed by atoms with Gasteiger partial charge in [-0.05, 0) is 50.3 Å². The largest absolute Gasteiger partial charge is 0.463 e. The maximum atomic E-state index is 13.8. The highest BCUT2D eigenvalue weighted by atomic mass is 19.1. The molecule has 0 aliphatic carbocycles. The van der Waals surface area contributed by atoms with Gasteiger partial charge in [0.25, 0.3) is 5.91 Å². The van der Waals surface area contributed by atoms with Crippen molar-refractivity contribution in [2.45, 2.75) is 59.4 Å². The van der Waals surface area contributed by atoms with E-state index in [1.54, 1.807) is 27.7 Å². The van der Waals surface area contributed by atoms with E-state index in [0.717, 1.165) is 6.08 Å². The lowest BCUT2D eigenvalue weighted by Crippen LogP contribution is -2.45. The molecule has 1 heterocycles. The molecule has 0 aliphatic rings. The second-order valence-electron chi connectivity index (χ2n) is 9.84. The summed E-state index contributed by atoms with van der Waals surface area (Å²) in [6, 6.07) is 6.04. The lowest BCUT2D eigenvalue weighted by Gasteiger charge is -2.25. The summed E-state index contributed by atoms with van der Waals surface area (Å²) in [5, 5.41) is 6.36. The summed E-state index contributed by atoms with van der Waals surface area (Å²) in [5.74, 6) is -4.84. The fraction of sp³-hybridized carbons (Fsp3) is 0.448. The van der Waals surface area contributed by atoms with Crippen LogP contribution in [0.2, 0.25) is 0 Å². The summed E-state index contributed by atoms with van der Waals surface area (Å²) in [7, 11) is 0. The Balaban J connectivity index is 2.35. The number of carbonyl (C=O) groups excluding carboxylic acids is 5. The Hall–Kier alpha value is -4.15. The first kappa shape index (κ1) is 32.1. The number of hydrogen-bond acceptors (Lipinski definition) is 8. The van der Waals surface area contributed by atoms with Gasteiger partial charge in [0.15, 0.2) is 11.5 Å². The van der Waals surface area contributed by atoms with E-state index in [2.05, 4.69) is 10.5 Å². The van der Waals surface area contributed by atoms with Gasteiger partial charge in [0.05, 0.1) is 12.6 Å². The number of nitrogens with one attached hydrogen (secondary N) is 1. The minimum absolute atomic E-state index is 0.0190. The first-order valence-corrected chi connectivity index (χ1v) is 13.1. The number of amides is 2. The Morgan fingerprint density at radius 1 is 1.15 bits per heavy atom. The number of carbonyl (C=O) groups is 5.